The number of para-hydroxylation sites is 1. The first-order chi connectivity index (χ1) is 9.13. The summed E-state index contributed by atoms with van der Waals surface area (Å²) in [6, 6.07) is 10.2. The highest BCUT2D eigenvalue weighted by atomic mass is 16.4. The summed E-state index contributed by atoms with van der Waals surface area (Å²) in [6.07, 6.45) is 1.64. The first-order valence-electron chi connectivity index (χ1n) is 6.54. The number of nitrogens with two attached hydrogens (primary N) is 1. The molecule has 0 aromatic heterocycles. The number of hydrogen-bond donors (Lipinski definition) is 2. The molecule has 1 rings (SSSR count). The summed E-state index contributed by atoms with van der Waals surface area (Å²) >= 11 is 0. The number of rotatable bonds is 8. The van der Waals surface area contributed by atoms with E-state index in [1.54, 1.807) is 0 Å². The predicted octanol–water partition coefficient (Wildman–Crippen LogP) is 1.58. The monoisotopic (exact) mass is 264 g/mol. The fraction of sp³-hybridized carbons (Fsp3) is 0.500. The van der Waals surface area contributed by atoms with Crippen molar-refractivity contribution in [2.45, 2.75) is 12.8 Å². The van der Waals surface area contributed by atoms with Gasteiger partial charge in [-0.15, -0.1) is 0 Å². The van der Waals surface area contributed by atoms with Gasteiger partial charge in [0.1, 0.15) is 5.84 Å². The molecule has 0 saturated carbocycles. The first-order valence-corrected chi connectivity index (χ1v) is 6.54. The van der Waals surface area contributed by atoms with Crippen molar-refractivity contribution < 1.29 is 5.21 Å². The van der Waals surface area contributed by atoms with E-state index >= 15 is 0 Å². The van der Waals surface area contributed by atoms with E-state index in [4.69, 9.17) is 10.9 Å². The fourth-order valence-corrected chi connectivity index (χ4v) is 1.89. The van der Waals surface area contributed by atoms with E-state index in [-0.39, 0.29) is 5.84 Å². The van der Waals surface area contributed by atoms with Crippen molar-refractivity contribution >= 4 is 11.5 Å². The van der Waals surface area contributed by atoms with Crippen molar-refractivity contribution in [1.82, 2.24) is 4.90 Å². The van der Waals surface area contributed by atoms with Crippen LogP contribution in [0.4, 0.5) is 5.69 Å². The van der Waals surface area contributed by atoms with E-state index in [0.29, 0.717) is 6.42 Å². The molecule has 0 aliphatic carbocycles. The van der Waals surface area contributed by atoms with Crippen molar-refractivity contribution in [3.05, 3.63) is 30.3 Å². The maximum atomic E-state index is 8.60. The maximum Gasteiger partial charge on any atom is 0.140 e. The summed E-state index contributed by atoms with van der Waals surface area (Å²) in [5.41, 5.74) is 6.71. The van der Waals surface area contributed by atoms with Crippen LogP contribution in [-0.4, -0.2) is 49.7 Å². The van der Waals surface area contributed by atoms with Gasteiger partial charge >= 0.3 is 0 Å². The molecule has 0 bridgehead atoms. The van der Waals surface area contributed by atoms with Crippen LogP contribution in [0.5, 0.6) is 0 Å². The van der Waals surface area contributed by atoms with Gasteiger partial charge in [0.2, 0.25) is 0 Å². The fourth-order valence-electron chi connectivity index (χ4n) is 1.89. The van der Waals surface area contributed by atoms with Gasteiger partial charge in [-0.25, -0.2) is 0 Å². The van der Waals surface area contributed by atoms with E-state index in [1.165, 1.54) is 5.69 Å². The average molecular weight is 264 g/mol. The standard InChI is InChI=1S/C14H24N4O/c1-17(2)10-6-11-18(12-9-14(15)16-19)13-7-4-3-5-8-13/h3-5,7-8,19H,6,9-12H2,1-2H3,(H2,15,16). The highest BCUT2D eigenvalue weighted by Crippen LogP contribution is 2.14. The second-order valence-corrected chi connectivity index (χ2v) is 4.82. The van der Waals surface area contributed by atoms with Crippen molar-refractivity contribution in [2.75, 3.05) is 38.6 Å². The van der Waals surface area contributed by atoms with Gasteiger partial charge in [0.25, 0.3) is 0 Å². The van der Waals surface area contributed by atoms with Crippen LogP contribution in [0.25, 0.3) is 0 Å². The predicted molar refractivity (Wildman–Crippen MR) is 79.9 cm³/mol. The molecular weight excluding hydrogens is 240 g/mol. The topological polar surface area (TPSA) is 65.1 Å². The van der Waals surface area contributed by atoms with Crippen LogP contribution in [0, 0.1) is 0 Å². The summed E-state index contributed by atoms with van der Waals surface area (Å²) in [5, 5.41) is 11.6. The van der Waals surface area contributed by atoms with Gasteiger partial charge in [0.05, 0.1) is 0 Å². The molecule has 0 heterocycles. The minimum Gasteiger partial charge on any atom is -0.409 e. The van der Waals surface area contributed by atoms with Crippen LogP contribution >= 0.6 is 0 Å². The molecule has 0 unspecified atom stereocenters. The summed E-state index contributed by atoms with van der Waals surface area (Å²) in [6.45, 7) is 2.77. The quantitative estimate of drug-likeness (QED) is 0.324. The van der Waals surface area contributed by atoms with Crippen LogP contribution < -0.4 is 10.6 Å². The Hall–Kier alpha value is -1.75. The van der Waals surface area contributed by atoms with E-state index < -0.39 is 0 Å². The van der Waals surface area contributed by atoms with E-state index in [0.717, 1.165) is 26.1 Å². The lowest BCUT2D eigenvalue weighted by Gasteiger charge is -2.25. The maximum absolute atomic E-state index is 8.60. The zero-order valence-corrected chi connectivity index (χ0v) is 11.8. The Kier molecular flexibility index (Phi) is 6.74. The summed E-state index contributed by atoms with van der Waals surface area (Å²) in [5.74, 6) is 0.272. The molecule has 0 atom stereocenters. The normalized spacial score (nSPS) is 11.8. The molecule has 0 amide bonds. The van der Waals surface area contributed by atoms with Crippen molar-refractivity contribution in [2.24, 2.45) is 10.9 Å². The van der Waals surface area contributed by atoms with Gasteiger partial charge < -0.3 is 20.7 Å². The molecule has 19 heavy (non-hydrogen) atoms. The number of anilines is 1. The Morgan fingerprint density at radius 1 is 1.16 bits per heavy atom. The second-order valence-electron chi connectivity index (χ2n) is 4.82. The SMILES string of the molecule is CN(C)CCCN(CC/C(N)=N/O)c1ccccc1. The zero-order chi connectivity index (χ0) is 14.1. The molecule has 3 N–H and O–H groups in total. The Labute approximate surface area is 115 Å². The van der Waals surface area contributed by atoms with Gasteiger partial charge in [-0.05, 0) is 39.2 Å². The lowest BCUT2D eigenvalue weighted by molar-refractivity contribution is 0.317. The highest BCUT2D eigenvalue weighted by molar-refractivity contribution is 5.80. The summed E-state index contributed by atoms with van der Waals surface area (Å²) in [4.78, 5) is 4.44. The third-order valence-electron chi connectivity index (χ3n) is 2.92. The first kappa shape index (κ1) is 15.3. The largest absolute Gasteiger partial charge is 0.409 e. The van der Waals surface area contributed by atoms with E-state index in [2.05, 4.69) is 41.2 Å². The molecule has 0 aliphatic heterocycles. The number of benzene rings is 1. The zero-order valence-electron chi connectivity index (χ0n) is 11.8. The molecule has 0 aliphatic rings. The molecule has 1 aromatic rings. The molecule has 0 saturated heterocycles. The molecule has 5 nitrogen and oxygen atoms in total. The molecule has 1 aromatic carbocycles. The van der Waals surface area contributed by atoms with Crippen molar-refractivity contribution in [3.63, 3.8) is 0 Å². The van der Waals surface area contributed by atoms with Gasteiger partial charge in [0.15, 0.2) is 0 Å². The summed E-state index contributed by atoms with van der Waals surface area (Å²) < 4.78 is 0. The van der Waals surface area contributed by atoms with Gasteiger partial charge in [0, 0.05) is 25.2 Å². The van der Waals surface area contributed by atoms with Crippen molar-refractivity contribution in [1.29, 1.82) is 0 Å². The van der Waals surface area contributed by atoms with Crippen LogP contribution in [0.3, 0.4) is 0 Å². The molecule has 0 radical (unpaired) electrons. The minimum atomic E-state index is 0.272. The van der Waals surface area contributed by atoms with E-state index in [9.17, 15) is 0 Å². The Balaban J connectivity index is 2.57. The van der Waals surface area contributed by atoms with Crippen LogP contribution in [0.1, 0.15) is 12.8 Å². The van der Waals surface area contributed by atoms with Gasteiger partial charge in [-0.2, -0.15) is 0 Å². The Morgan fingerprint density at radius 3 is 2.42 bits per heavy atom. The van der Waals surface area contributed by atoms with Gasteiger partial charge in [-0.3, -0.25) is 0 Å². The average Bonchev–Trinajstić information content (AvgIpc) is 2.42. The second kappa shape index (κ2) is 8.37. The highest BCUT2D eigenvalue weighted by Gasteiger charge is 2.07. The smallest absolute Gasteiger partial charge is 0.140 e. The Morgan fingerprint density at radius 2 is 1.84 bits per heavy atom. The van der Waals surface area contributed by atoms with Gasteiger partial charge in [-0.1, -0.05) is 23.4 Å². The summed E-state index contributed by atoms with van der Waals surface area (Å²) in [7, 11) is 4.15. The van der Waals surface area contributed by atoms with Crippen LogP contribution in [0.2, 0.25) is 0 Å². The molecule has 5 heteroatoms. The molecular formula is C14H24N4O. The third kappa shape index (κ3) is 6.10. The number of hydrogen-bond acceptors (Lipinski definition) is 4. The van der Waals surface area contributed by atoms with Crippen LogP contribution in [-0.2, 0) is 0 Å². The van der Waals surface area contributed by atoms with Crippen LogP contribution in [0.15, 0.2) is 35.5 Å². The van der Waals surface area contributed by atoms with E-state index in [1.807, 2.05) is 18.2 Å². The lowest BCUT2D eigenvalue weighted by atomic mass is 10.2. The number of oxime groups is 1. The molecule has 0 spiro atoms. The number of amidine groups is 1. The molecule has 0 fully saturated rings. The lowest BCUT2D eigenvalue weighted by Crippen LogP contribution is -2.30. The minimum absolute atomic E-state index is 0.272. The Bertz CT molecular complexity index is 378. The third-order valence-corrected chi connectivity index (χ3v) is 2.92. The number of nitrogens with zero attached hydrogens (tertiary/aromatic N) is 3. The molecule has 106 valence electrons. The van der Waals surface area contributed by atoms with Crippen molar-refractivity contribution in [3.8, 4) is 0 Å².